The zero-order chi connectivity index (χ0) is 14.1. The fourth-order valence-electron chi connectivity index (χ4n) is 2.56. The maximum Gasteiger partial charge on any atom is 0.410 e. The molecule has 0 aromatic carbocycles. The van der Waals surface area contributed by atoms with Crippen molar-refractivity contribution in [3.8, 4) is 0 Å². The maximum atomic E-state index is 12.3. The molecule has 0 saturated carbocycles. The Hall–Kier alpha value is -0.850. The molecule has 2 unspecified atom stereocenters. The van der Waals surface area contributed by atoms with Crippen LogP contribution in [0.1, 0.15) is 27.2 Å². The summed E-state index contributed by atoms with van der Waals surface area (Å²) in [5, 5.41) is 9.19. The minimum absolute atomic E-state index is 0.0378. The van der Waals surface area contributed by atoms with Crippen LogP contribution in [0.25, 0.3) is 0 Å². The number of amides is 1. The Morgan fingerprint density at radius 2 is 2.21 bits per heavy atom. The van der Waals surface area contributed by atoms with Gasteiger partial charge in [-0.15, -0.1) is 0 Å². The highest BCUT2D eigenvalue weighted by atomic mass is 16.6. The summed E-state index contributed by atoms with van der Waals surface area (Å²) >= 11 is 0. The van der Waals surface area contributed by atoms with Crippen molar-refractivity contribution < 1.29 is 24.1 Å². The largest absolute Gasteiger partial charge is 0.444 e. The zero-order valence-electron chi connectivity index (χ0n) is 11.8. The second-order valence-corrected chi connectivity index (χ2v) is 6.23. The van der Waals surface area contributed by atoms with E-state index in [1.54, 1.807) is 4.90 Å². The predicted octanol–water partition coefficient (Wildman–Crippen LogP) is 0.774. The highest BCUT2D eigenvalue weighted by molar-refractivity contribution is 5.69. The molecular weight excluding hydrogens is 250 g/mol. The summed E-state index contributed by atoms with van der Waals surface area (Å²) in [5.74, 6) is 0. The van der Waals surface area contributed by atoms with E-state index < -0.39 is 11.1 Å². The summed E-state index contributed by atoms with van der Waals surface area (Å²) in [6.45, 7) is 7.32. The van der Waals surface area contributed by atoms with Crippen LogP contribution in [-0.2, 0) is 14.2 Å². The molecule has 2 fully saturated rings. The van der Waals surface area contributed by atoms with Crippen LogP contribution >= 0.6 is 0 Å². The molecule has 6 nitrogen and oxygen atoms in total. The average Bonchev–Trinajstić information content (AvgIpc) is 2.71. The third kappa shape index (κ3) is 3.19. The van der Waals surface area contributed by atoms with E-state index in [-0.39, 0.29) is 18.8 Å². The summed E-state index contributed by atoms with van der Waals surface area (Å²) in [6, 6.07) is 0. The molecule has 2 aliphatic rings. The van der Waals surface area contributed by atoms with Crippen LogP contribution in [0.3, 0.4) is 0 Å². The predicted molar refractivity (Wildman–Crippen MR) is 67.9 cm³/mol. The molecule has 2 atom stereocenters. The molecule has 1 amide bonds. The number of aliphatic hydroxyl groups excluding tert-OH is 1. The Morgan fingerprint density at radius 3 is 2.79 bits per heavy atom. The zero-order valence-corrected chi connectivity index (χ0v) is 11.8. The molecule has 2 rings (SSSR count). The van der Waals surface area contributed by atoms with E-state index in [9.17, 15) is 9.90 Å². The van der Waals surface area contributed by atoms with E-state index in [1.807, 2.05) is 20.8 Å². The Labute approximate surface area is 113 Å². The molecule has 2 saturated heterocycles. The molecule has 1 spiro atoms. The van der Waals surface area contributed by atoms with Gasteiger partial charge in [0.25, 0.3) is 0 Å². The Balaban J connectivity index is 2.10. The van der Waals surface area contributed by atoms with Crippen molar-refractivity contribution in [2.75, 3.05) is 33.0 Å². The minimum Gasteiger partial charge on any atom is -0.444 e. The maximum absolute atomic E-state index is 12.3. The fourth-order valence-corrected chi connectivity index (χ4v) is 2.56. The summed E-state index contributed by atoms with van der Waals surface area (Å²) < 4.78 is 16.5. The third-order valence-electron chi connectivity index (χ3n) is 3.42. The monoisotopic (exact) mass is 273 g/mol. The highest BCUT2D eigenvalue weighted by Crippen LogP contribution is 2.33. The van der Waals surface area contributed by atoms with Gasteiger partial charge in [-0.3, -0.25) is 4.90 Å². The van der Waals surface area contributed by atoms with Gasteiger partial charge in [0.1, 0.15) is 5.60 Å². The van der Waals surface area contributed by atoms with Crippen LogP contribution < -0.4 is 0 Å². The summed E-state index contributed by atoms with van der Waals surface area (Å²) in [7, 11) is 0. The van der Waals surface area contributed by atoms with Crippen LogP contribution in [0.2, 0.25) is 0 Å². The Morgan fingerprint density at radius 1 is 1.47 bits per heavy atom. The van der Waals surface area contributed by atoms with Gasteiger partial charge in [0.05, 0.1) is 38.1 Å². The Kier molecular flexibility index (Phi) is 4.03. The molecule has 6 heteroatoms. The molecule has 0 radical (unpaired) electrons. The van der Waals surface area contributed by atoms with Gasteiger partial charge >= 0.3 is 6.09 Å². The van der Waals surface area contributed by atoms with Crippen molar-refractivity contribution >= 4 is 6.09 Å². The number of carbonyl (C=O) groups is 1. The topological polar surface area (TPSA) is 68.2 Å². The van der Waals surface area contributed by atoms with Crippen LogP contribution in [0.15, 0.2) is 0 Å². The van der Waals surface area contributed by atoms with Crippen molar-refractivity contribution in [1.29, 1.82) is 0 Å². The number of hydrogen-bond acceptors (Lipinski definition) is 5. The average molecular weight is 273 g/mol. The van der Waals surface area contributed by atoms with Gasteiger partial charge in [-0.2, -0.15) is 0 Å². The number of rotatable bonds is 1. The van der Waals surface area contributed by atoms with Crippen molar-refractivity contribution in [2.45, 2.75) is 44.4 Å². The molecule has 0 aliphatic carbocycles. The molecule has 0 aromatic rings. The first-order chi connectivity index (χ1) is 8.86. The normalized spacial score (nSPS) is 31.8. The molecule has 2 aliphatic heterocycles. The van der Waals surface area contributed by atoms with Gasteiger partial charge in [-0.1, -0.05) is 0 Å². The van der Waals surface area contributed by atoms with Crippen molar-refractivity contribution in [1.82, 2.24) is 4.90 Å². The van der Waals surface area contributed by atoms with Crippen LogP contribution in [0.5, 0.6) is 0 Å². The first kappa shape index (κ1) is 14.6. The van der Waals surface area contributed by atoms with E-state index in [0.717, 1.165) is 0 Å². The first-order valence-electron chi connectivity index (χ1n) is 6.67. The third-order valence-corrected chi connectivity index (χ3v) is 3.42. The van der Waals surface area contributed by atoms with Crippen LogP contribution in [0, 0.1) is 0 Å². The van der Waals surface area contributed by atoms with Gasteiger partial charge in [0.15, 0.2) is 0 Å². The van der Waals surface area contributed by atoms with Crippen molar-refractivity contribution in [3.63, 3.8) is 0 Å². The molecule has 110 valence electrons. The fraction of sp³-hybridized carbons (Fsp3) is 0.923. The summed E-state index contributed by atoms with van der Waals surface area (Å²) in [6.07, 6.45) is 0.0209. The molecule has 1 N–H and O–H groups in total. The van der Waals surface area contributed by atoms with Gasteiger partial charge < -0.3 is 19.3 Å². The highest BCUT2D eigenvalue weighted by Gasteiger charge is 2.49. The minimum atomic E-state index is -0.521. The smallest absolute Gasteiger partial charge is 0.410 e. The molecule has 0 aromatic heterocycles. The molecule has 0 bridgehead atoms. The first-order valence-corrected chi connectivity index (χ1v) is 6.67. The lowest BCUT2D eigenvalue weighted by Crippen LogP contribution is -2.60. The van der Waals surface area contributed by atoms with Gasteiger partial charge in [-0.05, 0) is 20.8 Å². The van der Waals surface area contributed by atoms with E-state index in [2.05, 4.69) is 0 Å². The lowest BCUT2D eigenvalue weighted by Gasteiger charge is -2.43. The second-order valence-electron chi connectivity index (χ2n) is 6.23. The molecule has 19 heavy (non-hydrogen) atoms. The lowest BCUT2D eigenvalue weighted by atomic mass is 9.94. The summed E-state index contributed by atoms with van der Waals surface area (Å²) in [5.41, 5.74) is -1.01. The van der Waals surface area contributed by atoms with Crippen LogP contribution in [0.4, 0.5) is 4.79 Å². The van der Waals surface area contributed by atoms with Gasteiger partial charge in [-0.25, -0.2) is 4.79 Å². The number of nitrogens with zero attached hydrogens (tertiary/aromatic N) is 1. The second kappa shape index (κ2) is 5.26. The van der Waals surface area contributed by atoms with E-state index >= 15 is 0 Å². The summed E-state index contributed by atoms with van der Waals surface area (Å²) in [4.78, 5) is 14.0. The standard InChI is InChI=1S/C13H23NO5/c1-12(2,3)19-11(16)14-4-5-17-8-13(14)6-10(7-15)18-9-13/h10,15H,4-9H2,1-3H3. The number of morpholine rings is 1. The van der Waals surface area contributed by atoms with Crippen molar-refractivity contribution in [3.05, 3.63) is 0 Å². The number of hydrogen-bond donors (Lipinski definition) is 1. The quantitative estimate of drug-likeness (QED) is 0.764. The van der Waals surface area contributed by atoms with Gasteiger partial charge in [0, 0.05) is 13.0 Å². The lowest BCUT2D eigenvalue weighted by molar-refractivity contribution is -0.0765. The van der Waals surface area contributed by atoms with Crippen molar-refractivity contribution in [2.24, 2.45) is 0 Å². The number of ether oxygens (including phenoxy) is 3. The van der Waals surface area contributed by atoms with Gasteiger partial charge in [0.2, 0.25) is 0 Å². The molecular formula is C13H23NO5. The van der Waals surface area contributed by atoms with Crippen LogP contribution in [-0.4, -0.2) is 66.3 Å². The van der Waals surface area contributed by atoms with E-state index in [0.29, 0.717) is 32.8 Å². The SMILES string of the molecule is CC(C)(C)OC(=O)N1CCOCC12COC(CO)C2. The van der Waals surface area contributed by atoms with E-state index in [1.165, 1.54) is 0 Å². The molecule has 2 heterocycles. The number of aliphatic hydroxyl groups is 1. The van der Waals surface area contributed by atoms with E-state index in [4.69, 9.17) is 14.2 Å². The number of carbonyl (C=O) groups excluding carboxylic acids is 1. The Bertz CT molecular complexity index is 340.